The molecule has 0 aromatic heterocycles. The zero-order chi connectivity index (χ0) is 37.6. The number of aliphatic carboxylic acids is 4. The fourth-order valence-corrected chi connectivity index (χ4v) is 3.56. The topological polar surface area (TPSA) is 254 Å². The number of carbonyl (C=O) groups is 8. The Morgan fingerprint density at radius 1 is 0.408 bits per heavy atom. The third-order valence-electron chi connectivity index (χ3n) is 6.56. The van der Waals surface area contributed by atoms with Gasteiger partial charge in [0, 0.05) is 48.0 Å². The van der Waals surface area contributed by atoms with Gasteiger partial charge in [-0.3, -0.25) is 19.2 Å². The zero-order valence-electron chi connectivity index (χ0n) is 28.0. The summed E-state index contributed by atoms with van der Waals surface area (Å²) in [5, 5.41) is 35.4. The van der Waals surface area contributed by atoms with E-state index in [1.54, 1.807) is 0 Å². The molecule has 0 amide bonds. The highest BCUT2D eigenvalue weighted by Gasteiger charge is 2.38. The highest BCUT2D eigenvalue weighted by molar-refractivity contribution is 5.89. The fraction of sp³-hybridized carbons (Fsp3) is 0.515. The molecule has 0 aromatic carbocycles. The molecule has 0 spiro atoms. The normalized spacial score (nSPS) is 13.5. The lowest BCUT2D eigenvalue weighted by molar-refractivity contribution is -0.166. The number of hydrogen-bond acceptors (Lipinski definition) is 12. The summed E-state index contributed by atoms with van der Waals surface area (Å²) in [4.78, 5) is 94.5. The molecule has 0 fully saturated rings. The molecular formula is C33H44O16. The Kier molecular flexibility index (Phi) is 20.6. The third-order valence-corrected chi connectivity index (χ3v) is 6.56. The minimum Gasteiger partial charge on any atom is -0.481 e. The molecule has 0 radical (unpaired) electrons. The SMILES string of the molecule is CC(=CCCC(=O)O)C(=O)OCC(COC(=O)C(C)=CCCC(=O)O)(COC(=O)C(C)=CCCC(=O)O)COC(=O)C(C)=CCCC(=O)O. The van der Waals surface area contributed by atoms with Crippen LogP contribution in [-0.2, 0) is 57.3 Å². The van der Waals surface area contributed by atoms with E-state index in [4.69, 9.17) is 39.4 Å². The maximum Gasteiger partial charge on any atom is 0.333 e. The van der Waals surface area contributed by atoms with Gasteiger partial charge in [0.25, 0.3) is 0 Å². The number of carboxylic acids is 4. The Morgan fingerprint density at radius 3 is 0.755 bits per heavy atom. The first kappa shape index (κ1) is 43.7. The molecule has 0 rings (SSSR count). The van der Waals surface area contributed by atoms with Crippen LogP contribution >= 0.6 is 0 Å². The smallest absolute Gasteiger partial charge is 0.333 e. The number of rotatable bonds is 24. The average Bonchev–Trinajstić information content (AvgIpc) is 3.02. The Morgan fingerprint density at radius 2 is 0.592 bits per heavy atom. The quantitative estimate of drug-likeness (QED) is 0.0641. The van der Waals surface area contributed by atoms with Crippen molar-refractivity contribution in [3.05, 3.63) is 46.6 Å². The van der Waals surface area contributed by atoms with Crippen LogP contribution in [0.3, 0.4) is 0 Å². The average molecular weight is 697 g/mol. The maximum atomic E-state index is 12.8. The summed E-state index contributed by atoms with van der Waals surface area (Å²) in [7, 11) is 0. The van der Waals surface area contributed by atoms with Gasteiger partial charge in [0.1, 0.15) is 31.8 Å². The molecule has 0 aliphatic carbocycles. The summed E-state index contributed by atoms with van der Waals surface area (Å²) in [6.07, 6.45) is 4.38. The molecule has 0 unspecified atom stereocenters. The van der Waals surface area contributed by atoms with Gasteiger partial charge >= 0.3 is 47.8 Å². The van der Waals surface area contributed by atoms with Crippen molar-refractivity contribution in [3.8, 4) is 0 Å². The predicted molar refractivity (Wildman–Crippen MR) is 169 cm³/mol. The Bertz CT molecular complexity index is 1140. The van der Waals surface area contributed by atoms with Gasteiger partial charge in [-0.2, -0.15) is 0 Å². The molecule has 0 heterocycles. The van der Waals surface area contributed by atoms with Gasteiger partial charge in [-0.25, -0.2) is 19.2 Å². The molecule has 0 aromatic rings. The molecule has 0 saturated heterocycles. The van der Waals surface area contributed by atoms with Crippen LogP contribution in [0.2, 0.25) is 0 Å². The number of esters is 4. The lowest BCUT2D eigenvalue weighted by atomic mass is 9.92. The van der Waals surface area contributed by atoms with E-state index in [1.165, 1.54) is 52.0 Å². The summed E-state index contributed by atoms with van der Waals surface area (Å²) in [6, 6.07) is 0. The number of allylic oxidation sites excluding steroid dienone is 4. The lowest BCUT2D eigenvalue weighted by Gasteiger charge is -2.31. The molecule has 49 heavy (non-hydrogen) atoms. The molecule has 0 aliphatic rings. The molecule has 0 bridgehead atoms. The monoisotopic (exact) mass is 696 g/mol. The summed E-state index contributed by atoms with van der Waals surface area (Å²) >= 11 is 0. The Labute approximate surface area is 283 Å². The van der Waals surface area contributed by atoms with Crippen LogP contribution in [0, 0.1) is 5.41 Å². The van der Waals surface area contributed by atoms with Gasteiger partial charge in [-0.1, -0.05) is 24.3 Å². The van der Waals surface area contributed by atoms with Crippen LogP contribution in [0.25, 0.3) is 0 Å². The molecule has 0 aliphatic heterocycles. The van der Waals surface area contributed by atoms with Gasteiger partial charge in [-0.05, 0) is 53.4 Å². The molecule has 0 saturated carbocycles. The van der Waals surface area contributed by atoms with Crippen LogP contribution in [0.4, 0.5) is 0 Å². The molecule has 272 valence electrons. The Balaban J connectivity index is 6.43. The van der Waals surface area contributed by atoms with E-state index in [2.05, 4.69) is 0 Å². The van der Waals surface area contributed by atoms with Crippen molar-refractivity contribution >= 4 is 47.8 Å². The number of carboxylic acid groups (broad SMARTS) is 4. The van der Waals surface area contributed by atoms with Gasteiger partial charge in [0.05, 0.1) is 0 Å². The molecular weight excluding hydrogens is 652 g/mol. The van der Waals surface area contributed by atoms with Crippen LogP contribution in [-0.4, -0.2) is 94.6 Å². The summed E-state index contributed by atoms with van der Waals surface area (Å²) in [5.41, 5.74) is -1.59. The molecule has 16 nitrogen and oxygen atoms in total. The highest BCUT2D eigenvalue weighted by Crippen LogP contribution is 2.24. The van der Waals surface area contributed by atoms with Crippen molar-refractivity contribution in [3.63, 3.8) is 0 Å². The van der Waals surface area contributed by atoms with Crippen molar-refractivity contribution in [2.45, 2.75) is 79.1 Å². The predicted octanol–water partition coefficient (Wildman–Crippen LogP) is 3.39. The first-order valence-corrected chi connectivity index (χ1v) is 15.1. The second-order valence-corrected chi connectivity index (χ2v) is 11.1. The van der Waals surface area contributed by atoms with E-state index in [1.807, 2.05) is 0 Å². The second kappa shape index (κ2) is 23.1. The molecule has 4 N–H and O–H groups in total. The highest BCUT2D eigenvalue weighted by atomic mass is 16.6. The van der Waals surface area contributed by atoms with Crippen molar-refractivity contribution in [2.24, 2.45) is 5.41 Å². The van der Waals surface area contributed by atoms with Crippen LogP contribution < -0.4 is 0 Å². The third kappa shape index (κ3) is 20.5. The van der Waals surface area contributed by atoms with E-state index >= 15 is 0 Å². The van der Waals surface area contributed by atoms with Gasteiger partial charge in [0.2, 0.25) is 0 Å². The van der Waals surface area contributed by atoms with E-state index in [9.17, 15) is 38.4 Å². The first-order chi connectivity index (χ1) is 22.9. The fourth-order valence-electron chi connectivity index (χ4n) is 3.56. The van der Waals surface area contributed by atoms with E-state index in [-0.39, 0.29) is 73.7 Å². The zero-order valence-corrected chi connectivity index (χ0v) is 28.0. The van der Waals surface area contributed by atoms with Crippen LogP contribution in [0.5, 0.6) is 0 Å². The number of carbonyl (C=O) groups excluding carboxylic acids is 4. The number of hydrogen-bond donors (Lipinski definition) is 4. The van der Waals surface area contributed by atoms with E-state index < -0.39 is 79.6 Å². The first-order valence-electron chi connectivity index (χ1n) is 15.1. The lowest BCUT2D eigenvalue weighted by Crippen LogP contribution is -2.44. The maximum absolute atomic E-state index is 12.8. The van der Waals surface area contributed by atoms with Crippen LogP contribution in [0.1, 0.15) is 79.1 Å². The summed E-state index contributed by atoms with van der Waals surface area (Å²) in [6.45, 7) is 2.84. The minimum atomic E-state index is -1.73. The molecule has 16 heteroatoms. The summed E-state index contributed by atoms with van der Waals surface area (Å²) < 4.78 is 21.6. The number of ether oxygens (including phenoxy) is 4. The van der Waals surface area contributed by atoms with Crippen LogP contribution in [0.15, 0.2) is 46.6 Å². The summed E-state index contributed by atoms with van der Waals surface area (Å²) in [5.74, 6) is -7.97. The van der Waals surface area contributed by atoms with Crippen molar-refractivity contribution in [1.82, 2.24) is 0 Å². The largest absolute Gasteiger partial charge is 0.481 e. The van der Waals surface area contributed by atoms with Gasteiger partial charge < -0.3 is 39.4 Å². The van der Waals surface area contributed by atoms with E-state index in [0.29, 0.717) is 0 Å². The van der Waals surface area contributed by atoms with Gasteiger partial charge in [0.15, 0.2) is 0 Å². The van der Waals surface area contributed by atoms with E-state index in [0.717, 1.165) is 0 Å². The van der Waals surface area contributed by atoms with Gasteiger partial charge in [-0.15, -0.1) is 0 Å². The molecule has 0 atom stereocenters. The Hall–Kier alpha value is -5.28. The van der Waals surface area contributed by atoms with Crippen molar-refractivity contribution in [2.75, 3.05) is 26.4 Å². The second-order valence-electron chi connectivity index (χ2n) is 11.1. The standard InChI is InChI=1S/C33H44O16/c1-21(9-5-13-25(34)35)29(42)46-17-33(18-47-30(43)22(2)10-6-14-26(36)37,19-48-31(44)23(3)11-7-15-27(38)39)20-49-32(45)24(4)12-8-16-28(40)41/h9-12H,5-8,13-20H2,1-4H3,(H,34,35)(H,36,37)(H,38,39)(H,40,41). The minimum absolute atomic E-state index is 0.0166. The van der Waals surface area contributed by atoms with Crippen molar-refractivity contribution in [1.29, 1.82) is 0 Å². The van der Waals surface area contributed by atoms with Crippen molar-refractivity contribution < 1.29 is 77.7 Å².